The zero-order chi connectivity index (χ0) is 42.6. The van der Waals surface area contributed by atoms with Crippen LogP contribution in [-0.4, -0.2) is 47.4 Å². The number of benzene rings is 4. The Morgan fingerprint density at radius 1 is 0.583 bits per heavy atom. The molecule has 10 heteroatoms. The molecule has 2 aromatic heterocycles. The van der Waals surface area contributed by atoms with Crippen LogP contribution in [0.25, 0.3) is 45.3 Å². The highest BCUT2D eigenvalue weighted by Gasteiger charge is 2.15. The van der Waals surface area contributed by atoms with Gasteiger partial charge in [0.1, 0.15) is 29.9 Å². The van der Waals surface area contributed by atoms with Crippen LogP contribution in [0.4, 0.5) is 0 Å². The average Bonchev–Trinajstić information content (AvgIpc) is 3.92. The van der Waals surface area contributed by atoms with E-state index in [9.17, 15) is 0 Å². The van der Waals surface area contributed by atoms with Crippen molar-refractivity contribution in [2.75, 3.05) is 19.8 Å². The third-order valence-corrected chi connectivity index (χ3v) is 12.9. The van der Waals surface area contributed by atoms with Gasteiger partial charge in [0.25, 0.3) is 0 Å². The number of ether oxygens (including phenoxy) is 3. The van der Waals surface area contributed by atoms with Crippen LogP contribution in [0.3, 0.4) is 0 Å². The molecule has 0 amide bonds. The highest BCUT2D eigenvalue weighted by atomic mass is 79.9. The summed E-state index contributed by atoms with van der Waals surface area (Å²) in [6, 6.07) is 34.1. The second-order valence-electron chi connectivity index (χ2n) is 16.5. The van der Waals surface area contributed by atoms with Crippen LogP contribution in [0.5, 0.6) is 11.5 Å². The highest BCUT2D eigenvalue weighted by Crippen LogP contribution is 2.29. The van der Waals surface area contributed by atoms with E-state index in [1.165, 1.54) is 51.4 Å². The lowest BCUT2D eigenvalue weighted by Gasteiger charge is -2.16. The first-order chi connectivity index (χ1) is 29.1. The Morgan fingerprint density at radius 3 is 1.62 bits per heavy atom. The first-order valence-corrected chi connectivity index (χ1v) is 27.1. The van der Waals surface area contributed by atoms with Crippen LogP contribution in [0.2, 0.25) is 25.7 Å². The zero-order valence-electron chi connectivity index (χ0n) is 36.3. The highest BCUT2D eigenvalue weighted by molar-refractivity contribution is 9.10. The molecule has 0 aliphatic rings. The SMILES string of the molecule is CCCCCCCOc1ccc(-c2cn(COCC[Si](C)(C)C)c(-c3ccc(Br)cc3)n2)cc1.CCCCCCCOc1ccc(-c2cnc(-c3ccc(Br)cc3)[nH]2)cc1. The van der Waals surface area contributed by atoms with E-state index in [2.05, 4.69) is 135 Å². The monoisotopic (exact) mass is 954 g/mol. The molecular formula is C50H64Br2N4O3Si. The number of aromatic amines is 1. The van der Waals surface area contributed by atoms with Gasteiger partial charge in [0.2, 0.25) is 0 Å². The quantitative estimate of drug-likeness (QED) is 0.0512. The van der Waals surface area contributed by atoms with Crippen LogP contribution in [-0.2, 0) is 11.5 Å². The molecule has 0 aliphatic carbocycles. The Bertz CT molecular complexity index is 2090. The Labute approximate surface area is 377 Å². The van der Waals surface area contributed by atoms with E-state index in [-0.39, 0.29) is 0 Å². The summed E-state index contributed by atoms with van der Waals surface area (Å²) in [5, 5.41) is 0. The predicted molar refractivity (Wildman–Crippen MR) is 261 cm³/mol. The van der Waals surface area contributed by atoms with E-state index in [0.29, 0.717) is 6.73 Å². The average molecular weight is 957 g/mol. The van der Waals surface area contributed by atoms with Gasteiger partial charge in [0, 0.05) is 46.5 Å². The molecule has 6 rings (SSSR count). The van der Waals surface area contributed by atoms with E-state index >= 15 is 0 Å². The number of imidazole rings is 2. The summed E-state index contributed by atoms with van der Waals surface area (Å²) >= 11 is 6.99. The fraction of sp³-hybridized carbons (Fsp3) is 0.400. The van der Waals surface area contributed by atoms with Gasteiger partial charge >= 0.3 is 0 Å². The summed E-state index contributed by atoms with van der Waals surface area (Å²) in [6.07, 6.45) is 16.5. The Balaban J connectivity index is 0.000000236. The molecule has 4 aromatic carbocycles. The molecule has 0 spiro atoms. The number of hydrogen-bond acceptors (Lipinski definition) is 5. The first kappa shape index (κ1) is 47.1. The van der Waals surface area contributed by atoms with E-state index < -0.39 is 8.07 Å². The van der Waals surface area contributed by atoms with Crippen molar-refractivity contribution >= 4 is 39.9 Å². The van der Waals surface area contributed by atoms with E-state index in [1.807, 2.05) is 54.7 Å². The van der Waals surface area contributed by atoms with Crippen LogP contribution in [0.15, 0.2) is 118 Å². The molecule has 1 N–H and O–H groups in total. The lowest BCUT2D eigenvalue weighted by atomic mass is 10.1. The fourth-order valence-electron chi connectivity index (χ4n) is 6.49. The van der Waals surface area contributed by atoms with Gasteiger partial charge in [0.05, 0.1) is 30.8 Å². The van der Waals surface area contributed by atoms with Crippen molar-refractivity contribution in [2.45, 2.75) is 110 Å². The summed E-state index contributed by atoms with van der Waals surface area (Å²) in [4.78, 5) is 12.9. The smallest absolute Gasteiger partial charge is 0.142 e. The van der Waals surface area contributed by atoms with Crippen molar-refractivity contribution in [2.24, 2.45) is 0 Å². The molecule has 0 unspecified atom stereocenters. The second kappa shape index (κ2) is 25.1. The summed E-state index contributed by atoms with van der Waals surface area (Å²) in [7, 11) is -1.12. The van der Waals surface area contributed by atoms with Crippen molar-refractivity contribution < 1.29 is 14.2 Å². The standard InChI is InChI=1S/C28H39BrN2O2Si.C22H25BrN2O/c1-5-6-7-8-9-18-33-26-16-12-23(13-17-26)27-21-31(22-32-19-20-34(2,3)4)28(30-27)24-10-14-25(29)15-11-24;1-2-3-4-5-6-15-26-20-13-9-17(10-14-20)21-16-24-22(25-21)18-7-11-19(23)12-8-18/h10-17,21H,5-9,18-20,22H2,1-4H3;7-14,16H,2-6,15H2,1H3,(H,24,25). The maximum Gasteiger partial charge on any atom is 0.142 e. The van der Waals surface area contributed by atoms with Crippen molar-refractivity contribution in [3.8, 4) is 56.8 Å². The van der Waals surface area contributed by atoms with Crippen molar-refractivity contribution in [3.05, 3.63) is 118 Å². The molecule has 0 saturated heterocycles. The third kappa shape index (κ3) is 16.1. The molecule has 6 aromatic rings. The molecule has 0 aliphatic heterocycles. The minimum Gasteiger partial charge on any atom is -0.494 e. The third-order valence-electron chi connectivity index (χ3n) is 10.1. The largest absolute Gasteiger partial charge is 0.494 e. The van der Waals surface area contributed by atoms with Crippen LogP contribution >= 0.6 is 31.9 Å². The lowest BCUT2D eigenvalue weighted by Crippen LogP contribution is -2.22. The first-order valence-electron chi connectivity index (χ1n) is 21.8. The number of unbranched alkanes of at least 4 members (excludes halogenated alkanes) is 8. The molecule has 60 heavy (non-hydrogen) atoms. The number of aromatic nitrogens is 4. The van der Waals surface area contributed by atoms with Crippen LogP contribution < -0.4 is 9.47 Å². The number of nitrogens with one attached hydrogen (secondary N) is 1. The molecule has 320 valence electrons. The fourth-order valence-corrected chi connectivity index (χ4v) is 7.78. The normalized spacial score (nSPS) is 11.3. The van der Waals surface area contributed by atoms with Gasteiger partial charge in [-0.1, -0.05) is 141 Å². The molecule has 7 nitrogen and oxygen atoms in total. The molecule has 0 bridgehead atoms. The number of halogens is 2. The Morgan fingerprint density at radius 2 is 1.08 bits per heavy atom. The summed E-state index contributed by atoms with van der Waals surface area (Å²) < 4.78 is 22.1. The van der Waals surface area contributed by atoms with Gasteiger partial charge in [-0.2, -0.15) is 0 Å². The lowest BCUT2D eigenvalue weighted by molar-refractivity contribution is 0.0883. The zero-order valence-corrected chi connectivity index (χ0v) is 40.5. The summed E-state index contributed by atoms with van der Waals surface area (Å²) in [5.74, 6) is 3.64. The Kier molecular flexibility index (Phi) is 19.7. The Hall–Kier alpha value is -3.96. The molecule has 0 saturated carbocycles. The molecule has 2 heterocycles. The molecule has 0 radical (unpaired) electrons. The maximum atomic E-state index is 6.06. The van der Waals surface area contributed by atoms with E-state index in [0.717, 1.165) is 104 Å². The second-order valence-corrected chi connectivity index (χ2v) is 24.0. The van der Waals surface area contributed by atoms with Gasteiger partial charge in [-0.15, -0.1) is 0 Å². The summed E-state index contributed by atoms with van der Waals surface area (Å²) in [6.45, 7) is 14.5. The molecule has 0 fully saturated rings. The van der Waals surface area contributed by atoms with E-state index in [1.54, 1.807) is 0 Å². The van der Waals surface area contributed by atoms with Crippen molar-refractivity contribution in [1.82, 2.24) is 19.5 Å². The van der Waals surface area contributed by atoms with Gasteiger partial charge < -0.3 is 23.8 Å². The number of H-pyrrole nitrogens is 1. The van der Waals surface area contributed by atoms with Crippen LogP contribution in [0.1, 0.15) is 78.1 Å². The molecular weight excluding hydrogens is 892 g/mol. The molecule has 0 atom stereocenters. The topological polar surface area (TPSA) is 74.2 Å². The van der Waals surface area contributed by atoms with Crippen LogP contribution in [0, 0.1) is 0 Å². The van der Waals surface area contributed by atoms with E-state index in [4.69, 9.17) is 19.2 Å². The number of hydrogen-bond donors (Lipinski definition) is 1. The minimum absolute atomic E-state index is 0.502. The number of rotatable bonds is 23. The maximum absolute atomic E-state index is 6.06. The number of nitrogens with zero attached hydrogens (tertiary/aromatic N) is 3. The van der Waals surface area contributed by atoms with Gasteiger partial charge in [-0.25, -0.2) is 9.97 Å². The summed E-state index contributed by atoms with van der Waals surface area (Å²) in [5.41, 5.74) is 6.28. The van der Waals surface area contributed by atoms with Gasteiger partial charge in [0.15, 0.2) is 0 Å². The van der Waals surface area contributed by atoms with Gasteiger partial charge in [-0.3, -0.25) is 0 Å². The minimum atomic E-state index is -1.12. The predicted octanol–water partition coefficient (Wildman–Crippen LogP) is 15.5. The van der Waals surface area contributed by atoms with Crippen molar-refractivity contribution in [3.63, 3.8) is 0 Å². The van der Waals surface area contributed by atoms with Gasteiger partial charge in [-0.05, 0) is 97.2 Å². The van der Waals surface area contributed by atoms with Crippen molar-refractivity contribution in [1.29, 1.82) is 0 Å².